The summed E-state index contributed by atoms with van der Waals surface area (Å²) in [5.41, 5.74) is 3.36. The van der Waals surface area contributed by atoms with Crippen LogP contribution in [-0.4, -0.2) is 19.7 Å². The number of aryl methyl sites for hydroxylation is 1. The van der Waals surface area contributed by atoms with Gasteiger partial charge in [0, 0.05) is 17.8 Å². The summed E-state index contributed by atoms with van der Waals surface area (Å²) in [7, 11) is 0. The van der Waals surface area contributed by atoms with Gasteiger partial charge in [0.1, 0.15) is 5.69 Å². The van der Waals surface area contributed by atoms with Crippen molar-refractivity contribution in [1.82, 2.24) is 19.7 Å². The Morgan fingerprint density at radius 1 is 1.17 bits per heavy atom. The Labute approximate surface area is 137 Å². The van der Waals surface area contributed by atoms with E-state index in [4.69, 9.17) is 4.52 Å². The Bertz CT molecular complexity index is 1060. The van der Waals surface area contributed by atoms with E-state index >= 15 is 0 Å². The van der Waals surface area contributed by atoms with Gasteiger partial charge in [0.15, 0.2) is 5.76 Å². The minimum absolute atomic E-state index is 0.129. The molecule has 0 saturated heterocycles. The van der Waals surface area contributed by atoms with Gasteiger partial charge in [-0.3, -0.25) is 14.3 Å². The molecule has 0 atom stereocenters. The van der Waals surface area contributed by atoms with Crippen molar-refractivity contribution in [2.75, 3.05) is 0 Å². The van der Waals surface area contributed by atoms with E-state index < -0.39 is 0 Å². The van der Waals surface area contributed by atoms with Crippen LogP contribution in [0.25, 0.3) is 22.2 Å². The molecule has 24 heavy (non-hydrogen) atoms. The highest BCUT2D eigenvalue weighted by atomic mass is 16.5. The van der Waals surface area contributed by atoms with Crippen molar-refractivity contribution >= 4 is 10.9 Å². The molecule has 0 aliphatic heterocycles. The number of pyridine rings is 1. The van der Waals surface area contributed by atoms with Crippen molar-refractivity contribution in [2.24, 2.45) is 0 Å². The van der Waals surface area contributed by atoms with Crippen LogP contribution in [0.3, 0.4) is 0 Å². The quantitative estimate of drug-likeness (QED) is 0.581. The topological polar surface area (TPSA) is 73.8 Å². The second kappa shape index (κ2) is 5.73. The molecule has 4 rings (SSSR count). The standard InChI is InChI=1S/C18H14N4O2/c1-12-2-4-13(5-3-12)16-8-14(24-21-16)10-22-11-20-17-9-19-7-6-15(17)18(22)23/h2-9,11H,10H2,1H3. The summed E-state index contributed by atoms with van der Waals surface area (Å²) in [5.74, 6) is 0.600. The van der Waals surface area contributed by atoms with E-state index in [1.54, 1.807) is 18.5 Å². The Morgan fingerprint density at radius 2 is 2.00 bits per heavy atom. The lowest BCUT2D eigenvalue weighted by Gasteiger charge is -2.03. The molecule has 0 spiro atoms. The zero-order chi connectivity index (χ0) is 16.5. The third-order valence-corrected chi connectivity index (χ3v) is 3.86. The second-order valence-electron chi connectivity index (χ2n) is 5.61. The first-order chi connectivity index (χ1) is 11.7. The maximum absolute atomic E-state index is 12.5. The van der Waals surface area contributed by atoms with Crippen LogP contribution in [-0.2, 0) is 6.54 Å². The number of benzene rings is 1. The summed E-state index contributed by atoms with van der Waals surface area (Å²) in [5, 5.41) is 4.62. The molecule has 0 unspecified atom stereocenters. The lowest BCUT2D eigenvalue weighted by Crippen LogP contribution is -2.21. The number of hydrogen-bond acceptors (Lipinski definition) is 5. The van der Waals surface area contributed by atoms with Gasteiger partial charge in [-0.2, -0.15) is 0 Å². The zero-order valence-electron chi connectivity index (χ0n) is 13.0. The van der Waals surface area contributed by atoms with Crippen molar-refractivity contribution in [1.29, 1.82) is 0 Å². The van der Waals surface area contributed by atoms with E-state index in [-0.39, 0.29) is 12.1 Å². The van der Waals surface area contributed by atoms with Gasteiger partial charge in [0.05, 0.1) is 30.0 Å². The normalized spacial score (nSPS) is 11.0. The van der Waals surface area contributed by atoms with Crippen LogP contribution in [0.4, 0.5) is 0 Å². The van der Waals surface area contributed by atoms with Crippen molar-refractivity contribution in [3.8, 4) is 11.3 Å². The van der Waals surface area contributed by atoms with E-state index in [1.165, 1.54) is 16.5 Å². The highest BCUT2D eigenvalue weighted by Gasteiger charge is 2.10. The first-order valence-corrected chi connectivity index (χ1v) is 7.52. The van der Waals surface area contributed by atoms with Crippen LogP contribution in [0.5, 0.6) is 0 Å². The van der Waals surface area contributed by atoms with E-state index in [0.29, 0.717) is 16.7 Å². The van der Waals surface area contributed by atoms with Gasteiger partial charge in [-0.05, 0) is 13.0 Å². The Morgan fingerprint density at radius 3 is 2.83 bits per heavy atom. The lowest BCUT2D eigenvalue weighted by molar-refractivity contribution is 0.376. The molecule has 1 aromatic carbocycles. The van der Waals surface area contributed by atoms with Gasteiger partial charge in [-0.1, -0.05) is 35.0 Å². The predicted octanol–water partition coefficient (Wildman–Crippen LogP) is 2.80. The molecule has 0 bridgehead atoms. The highest BCUT2D eigenvalue weighted by molar-refractivity contribution is 5.75. The first kappa shape index (κ1) is 14.3. The maximum atomic E-state index is 12.5. The average molecular weight is 318 g/mol. The molecule has 6 heteroatoms. The summed E-state index contributed by atoms with van der Waals surface area (Å²) in [6.07, 6.45) is 4.66. The molecule has 0 radical (unpaired) electrons. The fraction of sp³-hybridized carbons (Fsp3) is 0.111. The molecular weight excluding hydrogens is 304 g/mol. The highest BCUT2D eigenvalue weighted by Crippen LogP contribution is 2.20. The Hall–Kier alpha value is -3.28. The third-order valence-electron chi connectivity index (χ3n) is 3.86. The van der Waals surface area contributed by atoms with Gasteiger partial charge >= 0.3 is 0 Å². The van der Waals surface area contributed by atoms with Crippen LogP contribution in [0.1, 0.15) is 11.3 Å². The second-order valence-corrected chi connectivity index (χ2v) is 5.61. The van der Waals surface area contributed by atoms with Crippen LogP contribution in [0, 0.1) is 6.92 Å². The maximum Gasteiger partial charge on any atom is 0.261 e. The summed E-state index contributed by atoms with van der Waals surface area (Å²) in [6.45, 7) is 2.32. The van der Waals surface area contributed by atoms with Crippen LogP contribution in [0.2, 0.25) is 0 Å². The molecular formula is C18H14N4O2. The number of rotatable bonds is 3. The SMILES string of the molecule is Cc1ccc(-c2cc(Cn3cnc4cnccc4c3=O)on2)cc1. The van der Waals surface area contributed by atoms with Crippen molar-refractivity contribution in [3.63, 3.8) is 0 Å². The van der Waals surface area contributed by atoms with E-state index in [2.05, 4.69) is 15.1 Å². The van der Waals surface area contributed by atoms with Crippen LogP contribution < -0.4 is 5.56 Å². The lowest BCUT2D eigenvalue weighted by atomic mass is 10.1. The van der Waals surface area contributed by atoms with Crippen molar-refractivity contribution in [3.05, 3.63) is 76.8 Å². The van der Waals surface area contributed by atoms with Crippen LogP contribution in [0.15, 0.2) is 64.4 Å². The molecule has 0 saturated carbocycles. The van der Waals surface area contributed by atoms with E-state index in [9.17, 15) is 4.79 Å². The Kier molecular flexibility index (Phi) is 3.42. The van der Waals surface area contributed by atoms with E-state index in [1.807, 2.05) is 37.3 Å². The van der Waals surface area contributed by atoms with Crippen molar-refractivity contribution < 1.29 is 4.52 Å². The van der Waals surface area contributed by atoms with Gasteiger partial charge < -0.3 is 4.52 Å². The fourth-order valence-electron chi connectivity index (χ4n) is 2.54. The largest absolute Gasteiger partial charge is 0.359 e. The van der Waals surface area contributed by atoms with Gasteiger partial charge in [0.2, 0.25) is 0 Å². The number of fused-ring (bicyclic) bond motifs is 1. The summed E-state index contributed by atoms with van der Waals surface area (Å²) in [4.78, 5) is 20.7. The molecule has 4 aromatic rings. The zero-order valence-corrected chi connectivity index (χ0v) is 13.0. The molecule has 118 valence electrons. The van der Waals surface area contributed by atoms with Gasteiger partial charge in [-0.15, -0.1) is 0 Å². The van der Waals surface area contributed by atoms with E-state index in [0.717, 1.165) is 11.3 Å². The smallest absolute Gasteiger partial charge is 0.261 e. The summed E-state index contributed by atoms with van der Waals surface area (Å²) in [6, 6.07) is 11.5. The molecule has 0 fully saturated rings. The molecule has 6 nitrogen and oxygen atoms in total. The number of aromatic nitrogens is 4. The fourth-order valence-corrected chi connectivity index (χ4v) is 2.54. The minimum Gasteiger partial charge on any atom is -0.359 e. The predicted molar refractivity (Wildman–Crippen MR) is 89.6 cm³/mol. The monoisotopic (exact) mass is 318 g/mol. The Balaban J connectivity index is 1.66. The third kappa shape index (κ3) is 2.58. The average Bonchev–Trinajstić information content (AvgIpc) is 3.07. The minimum atomic E-state index is -0.129. The molecule has 0 aliphatic carbocycles. The summed E-state index contributed by atoms with van der Waals surface area (Å²) >= 11 is 0. The van der Waals surface area contributed by atoms with Gasteiger partial charge in [-0.25, -0.2) is 4.98 Å². The molecule has 0 aliphatic rings. The molecule has 0 N–H and O–H groups in total. The molecule has 0 amide bonds. The van der Waals surface area contributed by atoms with Gasteiger partial charge in [0.25, 0.3) is 5.56 Å². The summed E-state index contributed by atoms with van der Waals surface area (Å²) < 4.78 is 6.87. The molecule has 3 aromatic heterocycles. The number of hydrogen-bond donors (Lipinski definition) is 0. The number of nitrogens with zero attached hydrogens (tertiary/aromatic N) is 4. The van der Waals surface area contributed by atoms with Crippen LogP contribution >= 0.6 is 0 Å². The van der Waals surface area contributed by atoms with Crippen molar-refractivity contribution in [2.45, 2.75) is 13.5 Å². The first-order valence-electron chi connectivity index (χ1n) is 7.52. The molecule has 3 heterocycles.